The first-order valence-corrected chi connectivity index (χ1v) is 7.92. The van der Waals surface area contributed by atoms with Gasteiger partial charge in [-0.25, -0.2) is 0 Å². The van der Waals surface area contributed by atoms with Gasteiger partial charge in [0.25, 0.3) is 0 Å². The van der Waals surface area contributed by atoms with Gasteiger partial charge < -0.3 is 15.7 Å². The average Bonchev–Trinajstić information content (AvgIpc) is 2.42. The van der Waals surface area contributed by atoms with Crippen LogP contribution >= 0.6 is 0 Å². The minimum absolute atomic E-state index is 0.118. The smallest absolute Gasteiger partial charge is 0.116 e. The number of aliphatic hydroxyl groups is 1. The van der Waals surface area contributed by atoms with Gasteiger partial charge in [0.15, 0.2) is 0 Å². The van der Waals surface area contributed by atoms with Crippen LogP contribution in [-0.2, 0) is 0 Å². The fourth-order valence-corrected chi connectivity index (χ4v) is 4.17. The fourth-order valence-electron chi connectivity index (χ4n) is 4.17. The van der Waals surface area contributed by atoms with Gasteiger partial charge in [-0.3, -0.25) is 0 Å². The standard InChI is InChI=1S/C15H26N2O/c18-15-11-5-2-1-3-7-16-10-12(9-11)14-13(15)6-4-8-17-14/h11-12,15-18H,1-10H2/p+2/t11-,12+,15+/m0/s1. The van der Waals surface area contributed by atoms with Crippen molar-refractivity contribution in [3.05, 3.63) is 11.3 Å². The Morgan fingerprint density at radius 3 is 2.94 bits per heavy atom. The second-order valence-electron chi connectivity index (χ2n) is 6.38. The normalized spacial score (nSPS) is 38.2. The summed E-state index contributed by atoms with van der Waals surface area (Å²) >= 11 is 0. The third kappa shape index (κ3) is 2.49. The average molecular weight is 252 g/mol. The quantitative estimate of drug-likeness (QED) is 0.546. The molecule has 102 valence electrons. The van der Waals surface area contributed by atoms with E-state index in [-0.39, 0.29) is 6.10 Å². The molecule has 0 radical (unpaired) electrons. The largest absolute Gasteiger partial charge is 0.388 e. The lowest BCUT2D eigenvalue weighted by Crippen LogP contribution is -2.90. The van der Waals surface area contributed by atoms with Crippen molar-refractivity contribution in [3.63, 3.8) is 0 Å². The number of quaternary nitrogens is 2. The third-order valence-electron chi connectivity index (χ3n) is 5.15. The summed E-state index contributed by atoms with van der Waals surface area (Å²) in [6, 6.07) is 0. The molecular weight excluding hydrogens is 224 g/mol. The first-order chi connectivity index (χ1) is 8.86. The molecule has 0 aromatic heterocycles. The van der Waals surface area contributed by atoms with Crippen molar-refractivity contribution >= 4 is 0 Å². The molecule has 3 heteroatoms. The van der Waals surface area contributed by atoms with Gasteiger partial charge >= 0.3 is 0 Å². The van der Waals surface area contributed by atoms with E-state index in [1.807, 2.05) is 0 Å². The molecule has 3 rings (SSSR count). The number of nitrogens with two attached hydrogens (primary N) is 2. The molecule has 0 unspecified atom stereocenters. The minimum atomic E-state index is -0.118. The lowest BCUT2D eigenvalue weighted by atomic mass is 9.73. The molecular formula is C15H28N2O+2. The predicted molar refractivity (Wildman–Crippen MR) is 70.8 cm³/mol. The molecule has 0 spiro atoms. The highest BCUT2D eigenvalue weighted by Gasteiger charge is 2.40. The number of fused-ring (bicyclic) bond motifs is 3. The van der Waals surface area contributed by atoms with Gasteiger partial charge in [0.1, 0.15) is 5.70 Å². The zero-order valence-electron chi connectivity index (χ0n) is 11.4. The van der Waals surface area contributed by atoms with Gasteiger partial charge in [-0.15, -0.1) is 0 Å². The van der Waals surface area contributed by atoms with E-state index >= 15 is 0 Å². The first-order valence-electron chi connectivity index (χ1n) is 7.92. The third-order valence-corrected chi connectivity index (χ3v) is 5.15. The Hall–Kier alpha value is -0.380. The fraction of sp³-hybridized carbons (Fsp3) is 0.867. The Morgan fingerprint density at radius 2 is 2.00 bits per heavy atom. The van der Waals surface area contributed by atoms with E-state index in [1.165, 1.54) is 63.7 Å². The van der Waals surface area contributed by atoms with Gasteiger partial charge in [-0.2, -0.15) is 0 Å². The molecule has 18 heavy (non-hydrogen) atoms. The Morgan fingerprint density at radius 1 is 1.06 bits per heavy atom. The molecule has 1 fully saturated rings. The maximum Gasteiger partial charge on any atom is 0.116 e. The van der Waals surface area contributed by atoms with E-state index in [0.29, 0.717) is 5.92 Å². The zero-order valence-corrected chi connectivity index (χ0v) is 11.4. The number of rotatable bonds is 0. The highest BCUT2D eigenvalue weighted by atomic mass is 16.3. The summed E-state index contributed by atoms with van der Waals surface area (Å²) in [7, 11) is 0. The number of hydrogen-bond acceptors (Lipinski definition) is 1. The Labute approximate surface area is 110 Å². The summed E-state index contributed by atoms with van der Waals surface area (Å²) in [5.41, 5.74) is 2.96. The van der Waals surface area contributed by atoms with Gasteiger partial charge in [0.05, 0.1) is 31.7 Å². The van der Waals surface area contributed by atoms with Crippen LogP contribution in [-0.4, -0.2) is 30.8 Å². The van der Waals surface area contributed by atoms with Crippen molar-refractivity contribution in [2.24, 2.45) is 11.8 Å². The summed E-state index contributed by atoms with van der Waals surface area (Å²) in [6.45, 7) is 3.78. The molecule has 2 bridgehead atoms. The Balaban J connectivity index is 1.83. The van der Waals surface area contributed by atoms with Crippen LogP contribution < -0.4 is 10.6 Å². The molecule has 0 aromatic carbocycles. The summed E-state index contributed by atoms with van der Waals surface area (Å²) in [5, 5.41) is 15.6. The molecule has 3 atom stereocenters. The monoisotopic (exact) mass is 252 g/mol. The van der Waals surface area contributed by atoms with Gasteiger partial charge in [0.2, 0.25) is 0 Å². The first kappa shape index (κ1) is 12.6. The lowest BCUT2D eigenvalue weighted by Gasteiger charge is -2.37. The molecule has 3 nitrogen and oxygen atoms in total. The maximum atomic E-state index is 10.6. The molecule has 1 aliphatic carbocycles. The topological polar surface area (TPSA) is 53.5 Å². The van der Waals surface area contributed by atoms with Crippen molar-refractivity contribution in [1.29, 1.82) is 0 Å². The van der Waals surface area contributed by atoms with E-state index < -0.39 is 0 Å². The Kier molecular flexibility index (Phi) is 4.02. The molecule has 3 aliphatic rings. The van der Waals surface area contributed by atoms with Gasteiger partial charge in [-0.1, -0.05) is 6.42 Å². The summed E-state index contributed by atoms with van der Waals surface area (Å²) < 4.78 is 0. The van der Waals surface area contributed by atoms with E-state index in [1.54, 1.807) is 5.70 Å². The van der Waals surface area contributed by atoms with Crippen LogP contribution in [0.1, 0.15) is 44.9 Å². The Bertz CT molecular complexity index is 318. The SMILES string of the molecule is O[C@H]1C2=C([NH2+]CCC2)[C@H]2C[NH2+]CCCCC[C@H]1C2. The van der Waals surface area contributed by atoms with E-state index in [4.69, 9.17) is 0 Å². The van der Waals surface area contributed by atoms with Crippen LogP contribution in [0.5, 0.6) is 0 Å². The van der Waals surface area contributed by atoms with E-state index in [0.717, 1.165) is 12.3 Å². The molecule has 0 amide bonds. The molecule has 0 aromatic rings. The molecule has 0 saturated carbocycles. The van der Waals surface area contributed by atoms with Crippen LogP contribution in [0.15, 0.2) is 11.3 Å². The van der Waals surface area contributed by atoms with E-state index in [2.05, 4.69) is 10.6 Å². The molecule has 2 heterocycles. The van der Waals surface area contributed by atoms with Crippen molar-refractivity contribution in [2.75, 3.05) is 19.6 Å². The molecule has 2 aliphatic heterocycles. The van der Waals surface area contributed by atoms with Crippen molar-refractivity contribution in [1.82, 2.24) is 0 Å². The molecule has 5 N–H and O–H groups in total. The number of hydrogen-bond donors (Lipinski definition) is 3. The van der Waals surface area contributed by atoms with Crippen molar-refractivity contribution in [3.8, 4) is 0 Å². The van der Waals surface area contributed by atoms with Crippen LogP contribution in [0.25, 0.3) is 0 Å². The van der Waals surface area contributed by atoms with Crippen molar-refractivity contribution < 1.29 is 15.7 Å². The summed E-state index contributed by atoms with van der Waals surface area (Å²) in [6.07, 6.45) is 8.77. The highest BCUT2D eigenvalue weighted by Crippen LogP contribution is 2.36. The van der Waals surface area contributed by atoms with Crippen LogP contribution in [0, 0.1) is 11.8 Å². The lowest BCUT2D eigenvalue weighted by molar-refractivity contribution is -0.673. The van der Waals surface area contributed by atoms with Crippen LogP contribution in [0.4, 0.5) is 0 Å². The summed E-state index contributed by atoms with van der Waals surface area (Å²) in [5.74, 6) is 1.28. The summed E-state index contributed by atoms with van der Waals surface area (Å²) in [4.78, 5) is 0. The maximum absolute atomic E-state index is 10.6. The minimum Gasteiger partial charge on any atom is -0.388 e. The zero-order chi connectivity index (χ0) is 12.4. The highest BCUT2D eigenvalue weighted by molar-refractivity contribution is 5.21. The van der Waals surface area contributed by atoms with Crippen LogP contribution in [0.2, 0.25) is 0 Å². The molecule has 1 saturated heterocycles. The van der Waals surface area contributed by atoms with Crippen LogP contribution in [0.3, 0.4) is 0 Å². The van der Waals surface area contributed by atoms with Gasteiger partial charge in [-0.05, 0) is 38.0 Å². The number of aliphatic hydroxyl groups excluding tert-OH is 1. The van der Waals surface area contributed by atoms with E-state index in [9.17, 15) is 5.11 Å². The van der Waals surface area contributed by atoms with Gasteiger partial charge in [0, 0.05) is 12.0 Å². The second kappa shape index (κ2) is 5.72. The second-order valence-corrected chi connectivity index (χ2v) is 6.38. The predicted octanol–water partition coefficient (Wildman–Crippen LogP) is -0.268. The van der Waals surface area contributed by atoms with Crippen molar-refractivity contribution in [2.45, 2.75) is 51.0 Å².